The number of rotatable bonds is 3. The van der Waals surface area contributed by atoms with Gasteiger partial charge in [0.15, 0.2) is 0 Å². The van der Waals surface area contributed by atoms with E-state index >= 15 is 0 Å². The third kappa shape index (κ3) is 3.42. The van der Waals surface area contributed by atoms with Crippen LogP contribution in [0.5, 0.6) is 0 Å². The summed E-state index contributed by atoms with van der Waals surface area (Å²) >= 11 is 7.69. The van der Waals surface area contributed by atoms with Crippen LogP contribution in [0.15, 0.2) is 47.4 Å². The molecule has 0 unspecified atom stereocenters. The van der Waals surface area contributed by atoms with Gasteiger partial charge in [-0.2, -0.15) is 0 Å². The molecule has 0 radical (unpaired) electrons. The van der Waals surface area contributed by atoms with Crippen molar-refractivity contribution in [2.24, 2.45) is 0 Å². The number of aryl methyl sites for hydroxylation is 1. The molecule has 1 nitrogen and oxygen atoms in total. The smallest absolute Gasteiger partial charge is 0.0452 e. The Morgan fingerprint density at radius 2 is 2.00 bits per heavy atom. The van der Waals surface area contributed by atoms with E-state index in [1.165, 1.54) is 11.1 Å². The number of thioether (sulfide) groups is 1. The van der Waals surface area contributed by atoms with E-state index < -0.39 is 0 Å². The molecular weight excluding hydrogens is 250 g/mol. The highest BCUT2D eigenvalue weighted by Gasteiger charge is 2.01. The molecule has 2 N–H and O–H groups in total. The quantitative estimate of drug-likeness (QED) is 0.651. The molecule has 17 heavy (non-hydrogen) atoms. The number of halogens is 1. The van der Waals surface area contributed by atoms with E-state index in [1.54, 1.807) is 11.8 Å². The van der Waals surface area contributed by atoms with Crippen molar-refractivity contribution in [2.75, 3.05) is 5.73 Å². The first kappa shape index (κ1) is 12.3. The van der Waals surface area contributed by atoms with Gasteiger partial charge in [-0.15, -0.1) is 11.8 Å². The first-order chi connectivity index (χ1) is 8.15. The fourth-order valence-corrected chi connectivity index (χ4v) is 2.77. The topological polar surface area (TPSA) is 26.0 Å². The Labute approximate surface area is 111 Å². The van der Waals surface area contributed by atoms with Gasteiger partial charge in [-0.25, -0.2) is 0 Å². The number of nitrogens with two attached hydrogens (primary N) is 1. The molecule has 0 aliphatic heterocycles. The van der Waals surface area contributed by atoms with E-state index in [4.69, 9.17) is 17.3 Å². The van der Waals surface area contributed by atoms with Crippen molar-refractivity contribution in [3.8, 4) is 0 Å². The highest BCUT2D eigenvalue weighted by Crippen LogP contribution is 2.29. The minimum Gasteiger partial charge on any atom is -0.398 e. The van der Waals surface area contributed by atoms with Gasteiger partial charge in [-0.3, -0.25) is 0 Å². The molecule has 0 saturated carbocycles. The summed E-state index contributed by atoms with van der Waals surface area (Å²) in [5, 5.41) is 0.778. The van der Waals surface area contributed by atoms with Gasteiger partial charge >= 0.3 is 0 Å². The molecule has 2 aromatic carbocycles. The average molecular weight is 264 g/mol. The first-order valence-electron chi connectivity index (χ1n) is 5.38. The summed E-state index contributed by atoms with van der Waals surface area (Å²) in [6, 6.07) is 14.0. The van der Waals surface area contributed by atoms with Crippen LogP contribution in [0.1, 0.15) is 11.1 Å². The predicted molar refractivity (Wildman–Crippen MR) is 76.6 cm³/mol. The minimum atomic E-state index is 0.778. The maximum absolute atomic E-state index is 5.95. The Morgan fingerprint density at radius 1 is 1.18 bits per heavy atom. The monoisotopic (exact) mass is 263 g/mol. The lowest BCUT2D eigenvalue weighted by Gasteiger charge is -2.06. The summed E-state index contributed by atoms with van der Waals surface area (Å²) in [4.78, 5) is 1.13. The molecule has 0 atom stereocenters. The molecule has 0 amide bonds. The fraction of sp³-hybridized carbons (Fsp3) is 0.143. The van der Waals surface area contributed by atoms with Gasteiger partial charge in [-0.05, 0) is 42.3 Å². The van der Waals surface area contributed by atoms with Gasteiger partial charge in [0.2, 0.25) is 0 Å². The van der Waals surface area contributed by atoms with Gasteiger partial charge in [0.25, 0.3) is 0 Å². The molecule has 0 bridgehead atoms. The normalized spacial score (nSPS) is 10.5. The largest absolute Gasteiger partial charge is 0.398 e. The van der Waals surface area contributed by atoms with Crippen molar-refractivity contribution in [1.29, 1.82) is 0 Å². The molecule has 0 spiro atoms. The Hall–Kier alpha value is -1.12. The van der Waals surface area contributed by atoms with E-state index in [9.17, 15) is 0 Å². The van der Waals surface area contributed by atoms with Crippen LogP contribution >= 0.6 is 23.4 Å². The highest BCUT2D eigenvalue weighted by atomic mass is 35.5. The highest BCUT2D eigenvalue weighted by molar-refractivity contribution is 7.98. The molecular formula is C14H14ClNS. The maximum Gasteiger partial charge on any atom is 0.0452 e. The Kier molecular flexibility index (Phi) is 3.97. The van der Waals surface area contributed by atoms with E-state index in [1.807, 2.05) is 30.3 Å². The molecule has 0 aliphatic carbocycles. The van der Waals surface area contributed by atoms with Crippen molar-refractivity contribution < 1.29 is 0 Å². The Balaban J connectivity index is 2.09. The van der Waals surface area contributed by atoms with Gasteiger partial charge in [-0.1, -0.05) is 29.8 Å². The zero-order chi connectivity index (χ0) is 12.3. The van der Waals surface area contributed by atoms with Crippen molar-refractivity contribution in [3.05, 3.63) is 58.6 Å². The molecule has 0 heterocycles. The van der Waals surface area contributed by atoms with Gasteiger partial charge in [0.1, 0.15) is 0 Å². The maximum atomic E-state index is 5.95. The van der Waals surface area contributed by atoms with Crippen molar-refractivity contribution in [2.45, 2.75) is 17.6 Å². The van der Waals surface area contributed by atoms with E-state index in [2.05, 4.69) is 19.1 Å². The standard InChI is InChI=1S/C14H14ClNS/c1-10-5-6-13(16)14(7-10)17-9-11-3-2-4-12(15)8-11/h2-8H,9,16H2,1H3. The van der Waals surface area contributed by atoms with Crippen molar-refractivity contribution in [1.82, 2.24) is 0 Å². The van der Waals surface area contributed by atoms with Crippen LogP contribution in [0, 0.1) is 6.92 Å². The molecule has 88 valence electrons. The number of hydrogen-bond donors (Lipinski definition) is 1. The third-order valence-corrected chi connectivity index (χ3v) is 3.83. The first-order valence-corrected chi connectivity index (χ1v) is 6.75. The second-order valence-electron chi connectivity index (χ2n) is 3.96. The van der Waals surface area contributed by atoms with E-state index in [-0.39, 0.29) is 0 Å². The minimum absolute atomic E-state index is 0.778. The predicted octanol–water partition coefficient (Wildman–Crippen LogP) is 4.52. The lowest BCUT2D eigenvalue weighted by Crippen LogP contribution is -1.89. The van der Waals surface area contributed by atoms with Crippen LogP contribution in [0.25, 0.3) is 0 Å². The van der Waals surface area contributed by atoms with Crippen molar-refractivity contribution >= 4 is 29.1 Å². The lowest BCUT2D eigenvalue weighted by molar-refractivity contribution is 1.34. The van der Waals surface area contributed by atoms with Crippen LogP contribution in [0.3, 0.4) is 0 Å². The van der Waals surface area contributed by atoms with Crippen LogP contribution in [0.4, 0.5) is 5.69 Å². The van der Waals surface area contributed by atoms with E-state index in [0.717, 1.165) is 21.4 Å². The molecule has 0 fully saturated rings. The molecule has 2 rings (SSSR count). The number of hydrogen-bond acceptors (Lipinski definition) is 2. The van der Waals surface area contributed by atoms with Crippen LogP contribution in [-0.4, -0.2) is 0 Å². The molecule has 0 saturated heterocycles. The third-order valence-electron chi connectivity index (χ3n) is 2.45. The SMILES string of the molecule is Cc1ccc(N)c(SCc2cccc(Cl)c2)c1. The zero-order valence-electron chi connectivity index (χ0n) is 9.61. The van der Waals surface area contributed by atoms with Crippen molar-refractivity contribution in [3.63, 3.8) is 0 Å². The molecule has 3 heteroatoms. The molecule has 0 aliphatic rings. The Bertz CT molecular complexity index is 525. The number of benzene rings is 2. The summed E-state index contributed by atoms with van der Waals surface area (Å²) < 4.78 is 0. The van der Waals surface area contributed by atoms with Crippen LogP contribution < -0.4 is 5.73 Å². The van der Waals surface area contributed by atoms with E-state index in [0.29, 0.717) is 0 Å². The summed E-state index contributed by atoms with van der Waals surface area (Å²) in [5.74, 6) is 0.883. The van der Waals surface area contributed by atoms with Gasteiger partial charge in [0, 0.05) is 21.4 Å². The zero-order valence-corrected chi connectivity index (χ0v) is 11.2. The van der Waals surface area contributed by atoms with Gasteiger partial charge < -0.3 is 5.73 Å². The summed E-state index contributed by atoms with van der Waals surface area (Å²) in [6.45, 7) is 2.07. The summed E-state index contributed by atoms with van der Waals surface area (Å²) in [5.41, 5.74) is 9.21. The Morgan fingerprint density at radius 3 is 2.76 bits per heavy atom. The van der Waals surface area contributed by atoms with Gasteiger partial charge in [0.05, 0.1) is 0 Å². The van der Waals surface area contributed by atoms with Crippen LogP contribution in [-0.2, 0) is 5.75 Å². The molecule has 2 aromatic rings. The second-order valence-corrected chi connectivity index (χ2v) is 5.41. The molecule has 0 aromatic heterocycles. The van der Waals surface area contributed by atoms with Crippen LogP contribution in [0.2, 0.25) is 5.02 Å². The number of anilines is 1. The second kappa shape index (κ2) is 5.48. The average Bonchev–Trinajstić information content (AvgIpc) is 2.30. The lowest BCUT2D eigenvalue weighted by atomic mass is 10.2. The summed E-state index contributed by atoms with van der Waals surface area (Å²) in [7, 11) is 0. The fourth-order valence-electron chi connectivity index (χ4n) is 1.55. The number of nitrogen functional groups attached to an aromatic ring is 1. The summed E-state index contributed by atoms with van der Waals surface area (Å²) in [6.07, 6.45) is 0.